The standard InChI is InChI=1S/C24H21N3O/c1-17-7-6-10-20(13-17)25-16-24(28)27-26-15-23-21-11-4-2-8-18(21)14-19-9-3-5-12-22(19)23/h2-15,25H,16H2,1H3,(H,27,28)/b26-15+. The van der Waals surface area contributed by atoms with Crippen LogP contribution in [-0.4, -0.2) is 18.7 Å². The summed E-state index contributed by atoms with van der Waals surface area (Å²) in [4.78, 5) is 12.1. The Labute approximate surface area is 163 Å². The number of hydrazone groups is 1. The molecule has 138 valence electrons. The SMILES string of the molecule is Cc1cccc(NCC(=O)N/N=C/c2c3ccccc3cc3ccccc23)c1. The number of carbonyl (C=O) groups excluding carboxylic acids is 1. The van der Waals surface area contributed by atoms with Crippen molar-refractivity contribution in [3.05, 3.63) is 90.0 Å². The van der Waals surface area contributed by atoms with E-state index < -0.39 is 0 Å². The van der Waals surface area contributed by atoms with E-state index in [1.807, 2.05) is 55.5 Å². The molecule has 0 aromatic heterocycles. The first kappa shape index (κ1) is 17.7. The molecule has 0 bridgehead atoms. The van der Waals surface area contributed by atoms with Crippen LogP contribution < -0.4 is 10.7 Å². The smallest absolute Gasteiger partial charge is 0.259 e. The molecule has 0 fully saturated rings. The summed E-state index contributed by atoms with van der Waals surface area (Å²) in [6.45, 7) is 2.18. The van der Waals surface area contributed by atoms with E-state index in [2.05, 4.69) is 46.2 Å². The van der Waals surface area contributed by atoms with Crippen molar-refractivity contribution in [1.82, 2.24) is 5.43 Å². The van der Waals surface area contributed by atoms with E-state index in [9.17, 15) is 4.79 Å². The molecular formula is C24H21N3O. The van der Waals surface area contributed by atoms with E-state index in [0.29, 0.717) is 0 Å². The second-order valence-electron chi connectivity index (χ2n) is 6.75. The summed E-state index contributed by atoms with van der Waals surface area (Å²) in [5.74, 6) is -0.192. The third-order valence-corrected chi connectivity index (χ3v) is 4.67. The first-order valence-corrected chi connectivity index (χ1v) is 9.24. The van der Waals surface area contributed by atoms with Crippen molar-refractivity contribution in [1.29, 1.82) is 0 Å². The number of nitrogens with zero attached hydrogens (tertiary/aromatic N) is 1. The highest BCUT2D eigenvalue weighted by Gasteiger charge is 2.06. The minimum atomic E-state index is -0.192. The second-order valence-corrected chi connectivity index (χ2v) is 6.75. The highest BCUT2D eigenvalue weighted by Crippen LogP contribution is 2.27. The average molecular weight is 367 g/mol. The van der Waals surface area contributed by atoms with Gasteiger partial charge in [-0.2, -0.15) is 5.10 Å². The number of carbonyl (C=O) groups is 1. The summed E-state index contributed by atoms with van der Waals surface area (Å²) in [7, 11) is 0. The van der Waals surface area contributed by atoms with Crippen LogP contribution >= 0.6 is 0 Å². The van der Waals surface area contributed by atoms with E-state index in [1.54, 1.807) is 6.21 Å². The number of fused-ring (bicyclic) bond motifs is 2. The molecule has 4 aromatic rings. The first-order valence-electron chi connectivity index (χ1n) is 9.24. The molecule has 0 unspecified atom stereocenters. The highest BCUT2D eigenvalue weighted by atomic mass is 16.2. The van der Waals surface area contributed by atoms with Crippen LogP contribution in [0.5, 0.6) is 0 Å². The van der Waals surface area contributed by atoms with Crippen LogP contribution in [0.15, 0.2) is 84.0 Å². The lowest BCUT2D eigenvalue weighted by molar-refractivity contribution is -0.119. The molecule has 0 radical (unpaired) electrons. The summed E-state index contributed by atoms with van der Waals surface area (Å²) >= 11 is 0. The van der Waals surface area contributed by atoms with Crippen LogP contribution in [0.1, 0.15) is 11.1 Å². The van der Waals surface area contributed by atoms with Gasteiger partial charge in [-0.25, -0.2) is 5.43 Å². The minimum absolute atomic E-state index is 0.164. The predicted molar refractivity (Wildman–Crippen MR) is 117 cm³/mol. The fraction of sp³-hybridized carbons (Fsp3) is 0.0833. The van der Waals surface area contributed by atoms with E-state index in [-0.39, 0.29) is 12.5 Å². The Morgan fingerprint density at radius 3 is 2.25 bits per heavy atom. The summed E-state index contributed by atoms with van der Waals surface area (Å²) in [5, 5.41) is 11.8. The number of benzene rings is 4. The normalized spacial score (nSPS) is 11.2. The van der Waals surface area contributed by atoms with E-state index in [4.69, 9.17) is 0 Å². The van der Waals surface area contributed by atoms with Crippen LogP contribution in [0, 0.1) is 6.92 Å². The summed E-state index contributed by atoms with van der Waals surface area (Å²) in [5.41, 5.74) is 5.67. The van der Waals surface area contributed by atoms with Crippen molar-refractivity contribution in [2.45, 2.75) is 6.92 Å². The van der Waals surface area contributed by atoms with Crippen molar-refractivity contribution >= 4 is 39.4 Å². The lowest BCUT2D eigenvalue weighted by Gasteiger charge is -2.08. The molecule has 1 amide bonds. The van der Waals surface area contributed by atoms with E-state index in [0.717, 1.165) is 38.4 Å². The molecule has 0 aliphatic rings. The number of aryl methyl sites for hydroxylation is 1. The fourth-order valence-corrected chi connectivity index (χ4v) is 3.33. The maximum Gasteiger partial charge on any atom is 0.259 e. The van der Waals surface area contributed by atoms with Gasteiger partial charge in [-0.3, -0.25) is 4.79 Å². The van der Waals surface area contributed by atoms with Crippen LogP contribution in [0.4, 0.5) is 5.69 Å². The molecule has 0 heterocycles. The molecule has 4 nitrogen and oxygen atoms in total. The Balaban J connectivity index is 1.52. The van der Waals surface area contributed by atoms with Crippen LogP contribution in [0.3, 0.4) is 0 Å². The molecular weight excluding hydrogens is 346 g/mol. The zero-order valence-electron chi connectivity index (χ0n) is 15.6. The topological polar surface area (TPSA) is 53.5 Å². The van der Waals surface area contributed by atoms with Gasteiger partial charge in [0.05, 0.1) is 12.8 Å². The van der Waals surface area contributed by atoms with Crippen LogP contribution in [0.25, 0.3) is 21.5 Å². The van der Waals surface area contributed by atoms with Crippen molar-refractivity contribution in [2.75, 3.05) is 11.9 Å². The van der Waals surface area contributed by atoms with Gasteiger partial charge in [0.1, 0.15) is 0 Å². The van der Waals surface area contributed by atoms with Crippen molar-refractivity contribution in [3.63, 3.8) is 0 Å². The van der Waals surface area contributed by atoms with Gasteiger partial charge in [-0.05, 0) is 52.2 Å². The molecule has 0 aliphatic heterocycles. The maximum atomic E-state index is 12.1. The molecule has 4 aromatic carbocycles. The van der Waals surface area contributed by atoms with Gasteiger partial charge in [0, 0.05) is 11.3 Å². The zero-order chi connectivity index (χ0) is 19.3. The van der Waals surface area contributed by atoms with Gasteiger partial charge in [-0.1, -0.05) is 60.7 Å². The quantitative estimate of drug-likeness (QED) is 0.301. The number of amides is 1. The lowest BCUT2D eigenvalue weighted by Crippen LogP contribution is -2.25. The Hall–Kier alpha value is -3.66. The summed E-state index contributed by atoms with van der Waals surface area (Å²) in [6.07, 6.45) is 1.73. The predicted octanol–water partition coefficient (Wildman–Crippen LogP) is 4.86. The van der Waals surface area contributed by atoms with Gasteiger partial charge in [0.15, 0.2) is 0 Å². The lowest BCUT2D eigenvalue weighted by atomic mass is 9.97. The molecule has 0 saturated carbocycles. The van der Waals surface area contributed by atoms with Gasteiger partial charge in [0.25, 0.3) is 5.91 Å². The Morgan fingerprint density at radius 1 is 0.893 bits per heavy atom. The Bertz CT molecular complexity index is 1130. The fourth-order valence-electron chi connectivity index (χ4n) is 3.33. The maximum absolute atomic E-state index is 12.1. The molecule has 4 rings (SSSR count). The second kappa shape index (κ2) is 7.92. The monoisotopic (exact) mass is 367 g/mol. The molecule has 2 N–H and O–H groups in total. The van der Waals surface area contributed by atoms with E-state index >= 15 is 0 Å². The van der Waals surface area contributed by atoms with Crippen LogP contribution in [0.2, 0.25) is 0 Å². The third-order valence-electron chi connectivity index (χ3n) is 4.67. The number of hydrogen-bond donors (Lipinski definition) is 2. The summed E-state index contributed by atoms with van der Waals surface area (Å²) in [6, 6.07) is 26.5. The number of hydrogen-bond acceptors (Lipinski definition) is 3. The molecule has 0 saturated heterocycles. The minimum Gasteiger partial charge on any atom is -0.376 e. The third kappa shape index (κ3) is 3.86. The molecule has 4 heteroatoms. The number of rotatable bonds is 5. The molecule has 0 atom stereocenters. The largest absolute Gasteiger partial charge is 0.376 e. The average Bonchev–Trinajstić information content (AvgIpc) is 2.72. The van der Waals surface area contributed by atoms with Crippen LogP contribution in [-0.2, 0) is 4.79 Å². The highest BCUT2D eigenvalue weighted by molar-refractivity contribution is 6.13. The molecule has 0 aliphatic carbocycles. The van der Waals surface area contributed by atoms with Crippen molar-refractivity contribution < 1.29 is 4.79 Å². The van der Waals surface area contributed by atoms with Crippen molar-refractivity contribution in [3.8, 4) is 0 Å². The van der Waals surface area contributed by atoms with Crippen molar-refractivity contribution in [2.24, 2.45) is 5.10 Å². The van der Waals surface area contributed by atoms with Gasteiger partial charge in [-0.15, -0.1) is 0 Å². The number of anilines is 1. The first-order chi connectivity index (χ1) is 13.7. The zero-order valence-corrected chi connectivity index (χ0v) is 15.6. The van der Waals surface area contributed by atoms with Gasteiger partial charge < -0.3 is 5.32 Å². The Kier molecular flexibility index (Phi) is 5.02. The summed E-state index contributed by atoms with van der Waals surface area (Å²) < 4.78 is 0. The van der Waals surface area contributed by atoms with Gasteiger partial charge >= 0.3 is 0 Å². The number of nitrogens with one attached hydrogen (secondary N) is 2. The molecule has 0 spiro atoms. The molecule has 28 heavy (non-hydrogen) atoms. The Morgan fingerprint density at radius 2 is 1.57 bits per heavy atom. The van der Waals surface area contributed by atoms with Gasteiger partial charge in [0.2, 0.25) is 0 Å². The van der Waals surface area contributed by atoms with E-state index in [1.165, 1.54) is 0 Å².